The number of aromatic nitrogens is 3. The van der Waals surface area contributed by atoms with Crippen LogP contribution < -0.4 is 10.5 Å². The number of nitrogens with one attached hydrogen (secondary N) is 1. The molecule has 1 aromatic carbocycles. The van der Waals surface area contributed by atoms with Gasteiger partial charge in [0, 0.05) is 5.39 Å². The van der Waals surface area contributed by atoms with Crippen LogP contribution in [0.25, 0.3) is 22.2 Å². The third-order valence-electron chi connectivity index (χ3n) is 2.82. The predicted octanol–water partition coefficient (Wildman–Crippen LogP) is 2.22. The number of methoxy groups -OCH3 is 1. The third-order valence-corrected chi connectivity index (χ3v) is 2.82. The number of H-pyrrole nitrogens is 1. The fourth-order valence-electron chi connectivity index (χ4n) is 1.94. The Morgan fingerprint density at radius 2 is 2.11 bits per heavy atom. The Kier molecular flexibility index (Phi) is 2.37. The second-order valence-electron chi connectivity index (χ2n) is 3.94. The molecule has 0 amide bonds. The van der Waals surface area contributed by atoms with Crippen LogP contribution in [0.2, 0.25) is 0 Å². The van der Waals surface area contributed by atoms with Crippen molar-refractivity contribution in [1.82, 2.24) is 15.2 Å². The first-order chi connectivity index (χ1) is 8.79. The Balaban J connectivity index is 2.31. The summed E-state index contributed by atoms with van der Waals surface area (Å²) in [5.41, 5.74) is 8.86. The summed E-state index contributed by atoms with van der Waals surface area (Å²) in [5, 5.41) is 7.82. The molecule has 0 aliphatic rings. The molecule has 0 radical (unpaired) electrons. The van der Waals surface area contributed by atoms with Gasteiger partial charge in [-0.25, -0.2) is 4.98 Å². The zero-order valence-electron chi connectivity index (χ0n) is 9.84. The lowest BCUT2D eigenvalue weighted by atomic mass is 10.1. The van der Waals surface area contributed by atoms with E-state index in [0.717, 1.165) is 22.2 Å². The molecule has 3 aromatic rings. The molecular formula is C13H12N4O. The molecule has 5 heteroatoms. The number of fused-ring (bicyclic) bond motifs is 1. The quantitative estimate of drug-likeness (QED) is 0.720. The molecule has 0 fully saturated rings. The topological polar surface area (TPSA) is 76.8 Å². The number of ether oxygens (including phenoxy) is 1. The largest absolute Gasteiger partial charge is 0.480 e. The minimum absolute atomic E-state index is 0.532. The Hall–Kier alpha value is -2.56. The van der Waals surface area contributed by atoms with Crippen LogP contribution in [-0.2, 0) is 0 Å². The van der Waals surface area contributed by atoms with Crippen molar-refractivity contribution in [3.63, 3.8) is 0 Å². The van der Waals surface area contributed by atoms with Gasteiger partial charge in [-0.2, -0.15) is 5.10 Å². The highest BCUT2D eigenvalue weighted by molar-refractivity contribution is 5.87. The lowest BCUT2D eigenvalue weighted by Gasteiger charge is -2.08. The average molecular weight is 240 g/mol. The van der Waals surface area contributed by atoms with Gasteiger partial charge in [0.25, 0.3) is 0 Å². The number of aromatic amines is 1. The van der Waals surface area contributed by atoms with E-state index in [9.17, 15) is 0 Å². The Labute approximate surface area is 104 Å². The monoisotopic (exact) mass is 240 g/mol. The standard InChI is InChI=1S/C13H12N4O/c1-18-13-9(12-10(14)7-15-17-12)6-8-4-2-3-5-11(8)16-13/h2-7H,14H2,1H3,(H,15,17). The number of anilines is 1. The molecule has 3 rings (SSSR count). The van der Waals surface area contributed by atoms with E-state index >= 15 is 0 Å². The predicted molar refractivity (Wildman–Crippen MR) is 70.3 cm³/mol. The summed E-state index contributed by atoms with van der Waals surface area (Å²) in [6, 6.07) is 9.84. The minimum atomic E-state index is 0.532. The number of nitrogens with zero attached hydrogens (tertiary/aromatic N) is 2. The summed E-state index contributed by atoms with van der Waals surface area (Å²) in [7, 11) is 1.59. The summed E-state index contributed by atoms with van der Waals surface area (Å²) in [4.78, 5) is 4.47. The second kappa shape index (κ2) is 4.03. The molecule has 0 bridgehead atoms. The number of pyridine rings is 1. The van der Waals surface area contributed by atoms with Crippen LogP contribution >= 0.6 is 0 Å². The highest BCUT2D eigenvalue weighted by atomic mass is 16.5. The number of hydrogen-bond acceptors (Lipinski definition) is 4. The zero-order valence-corrected chi connectivity index (χ0v) is 9.84. The summed E-state index contributed by atoms with van der Waals surface area (Å²) in [6.07, 6.45) is 1.57. The first-order valence-corrected chi connectivity index (χ1v) is 5.52. The molecule has 0 atom stereocenters. The van der Waals surface area contributed by atoms with Crippen LogP contribution in [0.5, 0.6) is 5.88 Å². The van der Waals surface area contributed by atoms with E-state index in [0.29, 0.717) is 11.6 Å². The lowest BCUT2D eigenvalue weighted by molar-refractivity contribution is 0.401. The molecule has 0 aliphatic carbocycles. The number of rotatable bonds is 2. The maximum Gasteiger partial charge on any atom is 0.223 e. The lowest BCUT2D eigenvalue weighted by Crippen LogP contribution is -1.95. The Morgan fingerprint density at radius 1 is 1.28 bits per heavy atom. The number of nitrogens with two attached hydrogens (primary N) is 1. The zero-order chi connectivity index (χ0) is 12.5. The van der Waals surface area contributed by atoms with Gasteiger partial charge in [0.15, 0.2) is 0 Å². The van der Waals surface area contributed by atoms with E-state index in [-0.39, 0.29) is 0 Å². The molecule has 90 valence electrons. The molecule has 18 heavy (non-hydrogen) atoms. The van der Waals surface area contributed by atoms with Gasteiger partial charge in [0.05, 0.1) is 35.8 Å². The molecular weight excluding hydrogens is 228 g/mol. The van der Waals surface area contributed by atoms with Crippen molar-refractivity contribution in [2.75, 3.05) is 12.8 Å². The van der Waals surface area contributed by atoms with Gasteiger partial charge in [-0.3, -0.25) is 5.10 Å². The molecule has 0 spiro atoms. The Morgan fingerprint density at radius 3 is 2.83 bits per heavy atom. The smallest absolute Gasteiger partial charge is 0.223 e. The molecule has 0 saturated carbocycles. The van der Waals surface area contributed by atoms with Gasteiger partial charge in [-0.05, 0) is 12.1 Å². The van der Waals surface area contributed by atoms with Gasteiger partial charge >= 0.3 is 0 Å². The minimum Gasteiger partial charge on any atom is -0.480 e. The van der Waals surface area contributed by atoms with E-state index in [2.05, 4.69) is 15.2 Å². The Bertz CT molecular complexity index is 705. The highest BCUT2D eigenvalue weighted by Gasteiger charge is 2.13. The van der Waals surface area contributed by atoms with Crippen molar-refractivity contribution in [3.8, 4) is 17.1 Å². The van der Waals surface area contributed by atoms with Crippen LogP contribution in [0.15, 0.2) is 36.5 Å². The molecule has 2 heterocycles. The van der Waals surface area contributed by atoms with Gasteiger partial charge in [-0.15, -0.1) is 0 Å². The number of benzene rings is 1. The fourth-order valence-corrected chi connectivity index (χ4v) is 1.94. The molecule has 0 aliphatic heterocycles. The SMILES string of the molecule is COc1nc2ccccc2cc1-c1[nH]ncc1N. The van der Waals surface area contributed by atoms with E-state index < -0.39 is 0 Å². The van der Waals surface area contributed by atoms with Gasteiger partial charge < -0.3 is 10.5 Å². The first kappa shape index (κ1) is 10.6. The molecule has 5 nitrogen and oxygen atoms in total. The van der Waals surface area contributed by atoms with Crippen molar-refractivity contribution in [2.45, 2.75) is 0 Å². The van der Waals surface area contributed by atoms with Crippen molar-refractivity contribution in [2.24, 2.45) is 0 Å². The van der Waals surface area contributed by atoms with Crippen molar-refractivity contribution in [3.05, 3.63) is 36.5 Å². The maximum absolute atomic E-state index is 5.86. The summed E-state index contributed by atoms with van der Waals surface area (Å²) < 4.78 is 5.32. The number of nitrogen functional groups attached to an aromatic ring is 1. The summed E-state index contributed by atoms with van der Waals surface area (Å²) in [5.74, 6) is 0.532. The van der Waals surface area contributed by atoms with Crippen LogP contribution in [0.3, 0.4) is 0 Å². The van der Waals surface area contributed by atoms with E-state index in [4.69, 9.17) is 10.5 Å². The van der Waals surface area contributed by atoms with Gasteiger partial charge in [0.2, 0.25) is 5.88 Å². The number of hydrogen-bond donors (Lipinski definition) is 2. The summed E-state index contributed by atoms with van der Waals surface area (Å²) >= 11 is 0. The van der Waals surface area contributed by atoms with Crippen LogP contribution in [0.1, 0.15) is 0 Å². The molecule has 0 unspecified atom stereocenters. The molecule has 3 N–H and O–H groups in total. The van der Waals surface area contributed by atoms with Crippen molar-refractivity contribution >= 4 is 16.6 Å². The van der Waals surface area contributed by atoms with Gasteiger partial charge in [0.1, 0.15) is 0 Å². The van der Waals surface area contributed by atoms with E-state index in [1.54, 1.807) is 13.3 Å². The van der Waals surface area contributed by atoms with Crippen molar-refractivity contribution < 1.29 is 4.74 Å². The molecule has 0 saturated heterocycles. The third kappa shape index (κ3) is 1.57. The van der Waals surface area contributed by atoms with E-state index in [1.807, 2.05) is 30.3 Å². The average Bonchev–Trinajstić information content (AvgIpc) is 2.83. The van der Waals surface area contributed by atoms with Crippen molar-refractivity contribution in [1.29, 1.82) is 0 Å². The van der Waals surface area contributed by atoms with Gasteiger partial charge in [-0.1, -0.05) is 18.2 Å². The van der Waals surface area contributed by atoms with Crippen LogP contribution in [-0.4, -0.2) is 22.3 Å². The summed E-state index contributed by atoms with van der Waals surface area (Å²) in [6.45, 7) is 0. The first-order valence-electron chi connectivity index (χ1n) is 5.52. The number of para-hydroxylation sites is 1. The normalized spacial score (nSPS) is 10.7. The van der Waals surface area contributed by atoms with Crippen LogP contribution in [0, 0.1) is 0 Å². The highest BCUT2D eigenvalue weighted by Crippen LogP contribution is 2.32. The fraction of sp³-hybridized carbons (Fsp3) is 0.0769. The molecule has 2 aromatic heterocycles. The van der Waals surface area contributed by atoms with E-state index in [1.165, 1.54) is 0 Å². The maximum atomic E-state index is 5.86. The second-order valence-corrected chi connectivity index (χ2v) is 3.94. The van der Waals surface area contributed by atoms with Crippen LogP contribution in [0.4, 0.5) is 5.69 Å².